The van der Waals surface area contributed by atoms with Gasteiger partial charge in [0.25, 0.3) is 0 Å². The third-order valence-electron chi connectivity index (χ3n) is 5.72. The molecule has 0 saturated heterocycles. The first-order valence-electron chi connectivity index (χ1n) is 11.7. The van der Waals surface area contributed by atoms with Crippen LogP contribution in [0.15, 0.2) is 64.4 Å². The van der Waals surface area contributed by atoms with Crippen molar-refractivity contribution in [1.82, 2.24) is 20.3 Å². The summed E-state index contributed by atoms with van der Waals surface area (Å²) in [6.07, 6.45) is 3.98. The van der Waals surface area contributed by atoms with Crippen LogP contribution in [0.1, 0.15) is 0 Å². The predicted octanol–water partition coefficient (Wildman–Crippen LogP) is -0.0690. The SMILES string of the molecule is CON1C=c2nc(-c3ccc(S(=O)(=O)c4ccccc4)cc3)nc(N)c2=CC1OCCNCCS(C)(=O)=O. The van der Waals surface area contributed by atoms with Crippen LogP contribution in [-0.2, 0) is 29.2 Å². The summed E-state index contributed by atoms with van der Waals surface area (Å²) < 4.78 is 54.0. The van der Waals surface area contributed by atoms with Gasteiger partial charge >= 0.3 is 0 Å². The Morgan fingerprint density at radius 1 is 0.974 bits per heavy atom. The molecule has 0 amide bonds. The number of nitrogen functional groups attached to an aromatic ring is 1. The van der Waals surface area contributed by atoms with Crippen LogP contribution in [0.4, 0.5) is 5.82 Å². The number of aromatic nitrogens is 2. The summed E-state index contributed by atoms with van der Waals surface area (Å²) in [5, 5.41) is 5.59. The van der Waals surface area contributed by atoms with Crippen LogP contribution in [0.5, 0.6) is 0 Å². The van der Waals surface area contributed by atoms with E-state index in [0.717, 1.165) is 0 Å². The Labute approximate surface area is 221 Å². The molecule has 11 nitrogen and oxygen atoms in total. The van der Waals surface area contributed by atoms with Gasteiger partial charge < -0.3 is 15.8 Å². The number of rotatable bonds is 11. The van der Waals surface area contributed by atoms with Crippen molar-refractivity contribution in [1.29, 1.82) is 0 Å². The van der Waals surface area contributed by atoms with Gasteiger partial charge in [-0.1, -0.05) is 18.2 Å². The summed E-state index contributed by atoms with van der Waals surface area (Å²) in [4.78, 5) is 14.8. The molecule has 2 heterocycles. The molecule has 0 radical (unpaired) electrons. The molecule has 0 fully saturated rings. The van der Waals surface area contributed by atoms with Crippen LogP contribution in [0, 0.1) is 0 Å². The molecule has 1 aromatic heterocycles. The van der Waals surface area contributed by atoms with Crippen molar-refractivity contribution in [2.75, 3.05) is 44.5 Å². The van der Waals surface area contributed by atoms with Crippen LogP contribution in [0.3, 0.4) is 0 Å². The molecule has 1 unspecified atom stereocenters. The highest BCUT2D eigenvalue weighted by Crippen LogP contribution is 2.23. The second-order valence-electron chi connectivity index (χ2n) is 8.55. The summed E-state index contributed by atoms with van der Waals surface area (Å²) in [5.41, 5.74) is 6.86. The molecule has 0 saturated carbocycles. The molecular weight excluding hydrogens is 530 g/mol. The number of fused-ring (bicyclic) bond motifs is 1. The molecule has 202 valence electrons. The maximum atomic E-state index is 12.9. The van der Waals surface area contributed by atoms with E-state index in [1.165, 1.54) is 30.6 Å². The van der Waals surface area contributed by atoms with E-state index in [0.29, 0.717) is 41.7 Å². The fourth-order valence-electron chi connectivity index (χ4n) is 3.74. The molecule has 3 aromatic rings. The van der Waals surface area contributed by atoms with Gasteiger partial charge in [-0.25, -0.2) is 31.9 Å². The fourth-order valence-corrected chi connectivity index (χ4v) is 5.54. The van der Waals surface area contributed by atoms with Crippen molar-refractivity contribution in [2.45, 2.75) is 16.0 Å². The number of nitrogens with zero attached hydrogens (tertiary/aromatic N) is 3. The number of nitrogens with two attached hydrogens (primary N) is 1. The van der Waals surface area contributed by atoms with Gasteiger partial charge in [0, 0.05) is 30.1 Å². The zero-order valence-corrected chi connectivity index (χ0v) is 22.6. The smallest absolute Gasteiger partial charge is 0.206 e. The molecule has 2 aromatic carbocycles. The van der Waals surface area contributed by atoms with Gasteiger partial charge in [0.15, 0.2) is 12.1 Å². The number of benzene rings is 2. The van der Waals surface area contributed by atoms with E-state index in [4.69, 9.17) is 15.3 Å². The Balaban J connectivity index is 1.51. The number of hydrogen-bond donors (Lipinski definition) is 2. The molecule has 1 aliphatic heterocycles. The van der Waals surface area contributed by atoms with Gasteiger partial charge in [0.05, 0.1) is 40.8 Å². The lowest BCUT2D eigenvalue weighted by Gasteiger charge is -2.28. The summed E-state index contributed by atoms with van der Waals surface area (Å²) in [6, 6.07) is 14.5. The van der Waals surface area contributed by atoms with Gasteiger partial charge in [-0.3, -0.25) is 4.84 Å². The Kier molecular flexibility index (Phi) is 8.43. The van der Waals surface area contributed by atoms with Gasteiger partial charge in [-0.05, 0) is 42.5 Å². The van der Waals surface area contributed by atoms with Crippen LogP contribution in [0.2, 0.25) is 0 Å². The van der Waals surface area contributed by atoms with Gasteiger partial charge in [-0.15, -0.1) is 0 Å². The largest absolute Gasteiger partial charge is 0.383 e. The second kappa shape index (κ2) is 11.6. The predicted molar refractivity (Wildman–Crippen MR) is 143 cm³/mol. The Hall–Kier alpha value is -3.36. The normalized spacial score (nSPS) is 15.4. The number of hydrogen-bond acceptors (Lipinski definition) is 11. The quantitative estimate of drug-likeness (QED) is 0.304. The highest BCUT2D eigenvalue weighted by Gasteiger charge is 2.21. The molecule has 4 rings (SSSR count). The number of hydroxylamine groups is 2. The first-order chi connectivity index (χ1) is 18.1. The van der Waals surface area contributed by atoms with Crippen molar-refractivity contribution in [3.63, 3.8) is 0 Å². The Morgan fingerprint density at radius 3 is 2.32 bits per heavy atom. The van der Waals surface area contributed by atoms with Crippen molar-refractivity contribution in [3.05, 3.63) is 65.2 Å². The summed E-state index contributed by atoms with van der Waals surface area (Å²) in [6.45, 7) is 1.08. The molecule has 1 atom stereocenters. The second-order valence-corrected chi connectivity index (χ2v) is 12.8. The molecule has 1 aliphatic rings. The van der Waals surface area contributed by atoms with Crippen LogP contribution in [0.25, 0.3) is 23.7 Å². The average Bonchev–Trinajstić information content (AvgIpc) is 2.90. The van der Waals surface area contributed by atoms with E-state index < -0.39 is 25.9 Å². The lowest BCUT2D eigenvalue weighted by Crippen LogP contribution is -2.45. The van der Waals surface area contributed by atoms with E-state index in [1.54, 1.807) is 54.7 Å². The zero-order valence-electron chi connectivity index (χ0n) is 20.9. The maximum Gasteiger partial charge on any atom is 0.206 e. The number of ether oxygens (including phenoxy) is 1. The summed E-state index contributed by atoms with van der Waals surface area (Å²) in [5.74, 6) is 0.619. The molecule has 0 spiro atoms. The standard InChI is InChI=1S/C25H29N5O6S2/c1-35-30-17-22-21(16-23(30)36-14-12-27-13-15-37(2,31)32)24(26)29-25(28-22)18-8-10-20(11-9-18)38(33,34)19-6-4-3-5-7-19/h3-11,16-17,23,27H,12-15H2,1-2H3,(H2,26,28,29). The minimum absolute atomic E-state index is 0.0513. The van der Waals surface area contributed by atoms with Crippen molar-refractivity contribution in [2.24, 2.45) is 0 Å². The third-order valence-corrected chi connectivity index (χ3v) is 8.45. The topological polar surface area (TPSA) is 154 Å². The Morgan fingerprint density at radius 2 is 1.66 bits per heavy atom. The van der Waals surface area contributed by atoms with Crippen molar-refractivity contribution >= 4 is 37.8 Å². The lowest BCUT2D eigenvalue weighted by molar-refractivity contribution is -0.166. The van der Waals surface area contributed by atoms with Crippen molar-refractivity contribution in [3.8, 4) is 11.4 Å². The molecule has 3 N–H and O–H groups in total. The highest BCUT2D eigenvalue weighted by molar-refractivity contribution is 7.91. The molecular formula is C25H29N5O6S2. The van der Waals surface area contributed by atoms with E-state index in [-0.39, 0.29) is 21.4 Å². The minimum atomic E-state index is -3.64. The number of anilines is 1. The first-order valence-corrected chi connectivity index (χ1v) is 15.2. The van der Waals surface area contributed by atoms with Crippen LogP contribution < -0.4 is 21.6 Å². The lowest BCUT2D eigenvalue weighted by atomic mass is 10.2. The Bertz CT molecular complexity index is 1610. The summed E-state index contributed by atoms with van der Waals surface area (Å²) >= 11 is 0. The monoisotopic (exact) mass is 559 g/mol. The number of nitrogens with one attached hydrogen (secondary N) is 1. The van der Waals surface area contributed by atoms with Gasteiger partial charge in [0.2, 0.25) is 9.84 Å². The molecule has 38 heavy (non-hydrogen) atoms. The molecule has 0 aliphatic carbocycles. The van der Waals surface area contributed by atoms with Crippen LogP contribution in [-0.4, -0.2) is 76.9 Å². The first kappa shape index (κ1) is 27.7. The van der Waals surface area contributed by atoms with Crippen LogP contribution >= 0.6 is 0 Å². The molecule has 0 bridgehead atoms. The third kappa shape index (κ3) is 6.55. The summed E-state index contributed by atoms with van der Waals surface area (Å²) in [7, 11) is -5.17. The van der Waals surface area contributed by atoms with Crippen molar-refractivity contribution < 1.29 is 26.4 Å². The minimum Gasteiger partial charge on any atom is -0.383 e. The zero-order chi connectivity index (χ0) is 27.3. The van der Waals surface area contributed by atoms with E-state index in [1.807, 2.05) is 0 Å². The van der Waals surface area contributed by atoms with E-state index in [2.05, 4.69) is 15.3 Å². The number of sulfone groups is 2. The van der Waals surface area contributed by atoms with Gasteiger partial charge in [-0.2, -0.15) is 0 Å². The van der Waals surface area contributed by atoms with Gasteiger partial charge in [0.1, 0.15) is 15.7 Å². The average molecular weight is 560 g/mol. The van der Waals surface area contributed by atoms with E-state index >= 15 is 0 Å². The highest BCUT2D eigenvalue weighted by atomic mass is 32.2. The fraction of sp³-hybridized carbons (Fsp3) is 0.280. The molecule has 13 heteroatoms. The maximum absolute atomic E-state index is 12.9. The van der Waals surface area contributed by atoms with E-state index in [9.17, 15) is 16.8 Å².